The minimum Gasteiger partial charge on any atom is -0.462 e. The maximum atomic E-state index is 12.4. The van der Waals surface area contributed by atoms with Crippen LogP contribution < -0.4 is 0 Å². The first-order chi connectivity index (χ1) is 16.3. The zero-order valence-corrected chi connectivity index (χ0v) is 20.4. The van der Waals surface area contributed by atoms with Crippen LogP contribution in [0, 0.1) is 28.6 Å². The third-order valence-electron chi connectivity index (χ3n) is 9.90. The molecule has 1 aromatic carbocycles. The van der Waals surface area contributed by atoms with Crippen LogP contribution in [0.15, 0.2) is 47.8 Å². The van der Waals surface area contributed by atoms with Crippen LogP contribution in [-0.4, -0.2) is 27.9 Å². The van der Waals surface area contributed by atoms with Gasteiger partial charge in [0.05, 0.1) is 11.0 Å². The van der Waals surface area contributed by atoms with Crippen molar-refractivity contribution in [1.82, 2.24) is 9.55 Å². The van der Waals surface area contributed by atoms with Gasteiger partial charge in [0.25, 0.3) is 0 Å². The van der Waals surface area contributed by atoms with Crippen molar-refractivity contribution in [2.45, 2.75) is 71.8 Å². The van der Waals surface area contributed by atoms with Crippen LogP contribution in [0.3, 0.4) is 0 Å². The maximum absolute atomic E-state index is 12.4. The lowest BCUT2D eigenvalue weighted by molar-refractivity contribution is -0.148. The first kappa shape index (κ1) is 21.8. The number of carbonyl (C=O) groups excluding carboxylic acids is 2. The normalized spacial score (nSPS) is 37.0. The summed E-state index contributed by atoms with van der Waals surface area (Å²) >= 11 is 0. The highest BCUT2D eigenvalue weighted by Gasteiger charge is 2.58. The van der Waals surface area contributed by atoms with Crippen molar-refractivity contribution >= 4 is 29.0 Å². The van der Waals surface area contributed by atoms with Gasteiger partial charge in [-0.1, -0.05) is 37.6 Å². The lowest BCUT2D eigenvalue weighted by Crippen LogP contribution is -2.50. The van der Waals surface area contributed by atoms with Gasteiger partial charge in [-0.05, 0) is 73.8 Å². The number of nitrogens with zero attached hydrogens (tertiary/aromatic N) is 2. The summed E-state index contributed by atoms with van der Waals surface area (Å²) in [7, 11) is 0. The molecule has 34 heavy (non-hydrogen) atoms. The number of aldehydes is 1. The molecule has 4 aliphatic carbocycles. The molecule has 0 spiro atoms. The van der Waals surface area contributed by atoms with Crippen LogP contribution in [0.1, 0.15) is 65.7 Å². The quantitative estimate of drug-likeness (QED) is 0.324. The van der Waals surface area contributed by atoms with Crippen molar-refractivity contribution in [3.8, 4) is 0 Å². The largest absolute Gasteiger partial charge is 0.462 e. The van der Waals surface area contributed by atoms with Crippen LogP contribution in [0.5, 0.6) is 0 Å². The van der Waals surface area contributed by atoms with Gasteiger partial charge in [-0.3, -0.25) is 9.59 Å². The molecule has 2 saturated carbocycles. The van der Waals surface area contributed by atoms with Gasteiger partial charge in [-0.15, -0.1) is 0 Å². The van der Waals surface area contributed by atoms with Crippen molar-refractivity contribution in [2.24, 2.45) is 28.6 Å². The average Bonchev–Trinajstić information content (AvgIpc) is 3.36. The first-order valence-electron chi connectivity index (χ1n) is 12.8. The van der Waals surface area contributed by atoms with E-state index < -0.39 is 0 Å². The number of aromatic nitrogens is 2. The number of esters is 1. The molecule has 6 rings (SSSR count). The second-order valence-corrected chi connectivity index (χ2v) is 11.5. The van der Waals surface area contributed by atoms with Gasteiger partial charge in [-0.2, -0.15) is 0 Å². The van der Waals surface area contributed by atoms with Gasteiger partial charge in [-0.25, -0.2) is 4.98 Å². The number of hydrogen-bond acceptors (Lipinski definition) is 4. The Morgan fingerprint density at radius 1 is 1.12 bits per heavy atom. The summed E-state index contributed by atoms with van der Waals surface area (Å²) < 4.78 is 7.80. The lowest BCUT2D eigenvalue weighted by atomic mass is 9.47. The zero-order valence-electron chi connectivity index (χ0n) is 20.4. The Morgan fingerprint density at radius 3 is 2.71 bits per heavy atom. The van der Waals surface area contributed by atoms with Crippen LogP contribution in [0.25, 0.3) is 16.7 Å². The van der Waals surface area contributed by atoms with Gasteiger partial charge in [0.2, 0.25) is 0 Å². The average molecular weight is 459 g/mol. The maximum Gasteiger partial charge on any atom is 0.302 e. The van der Waals surface area contributed by atoms with Crippen molar-refractivity contribution in [3.63, 3.8) is 0 Å². The van der Waals surface area contributed by atoms with Gasteiger partial charge in [0, 0.05) is 30.0 Å². The SMILES string of the molecule is CC(=O)OC1CC[C@@]2(C)C(=CC[C@@H]3[C@@H]2CC[C@]2(C)C(n4cnc5ccccc54)=C(C=O)C[C@@H]32)C1. The molecular weight excluding hydrogens is 424 g/mol. The summed E-state index contributed by atoms with van der Waals surface area (Å²) in [6, 6.07) is 8.22. The molecule has 0 bridgehead atoms. The fourth-order valence-corrected chi connectivity index (χ4v) is 8.33. The smallest absolute Gasteiger partial charge is 0.302 e. The molecule has 1 aromatic heterocycles. The zero-order chi connectivity index (χ0) is 23.7. The van der Waals surface area contributed by atoms with E-state index in [0.717, 1.165) is 61.4 Å². The van der Waals surface area contributed by atoms with E-state index in [9.17, 15) is 9.59 Å². The molecule has 1 unspecified atom stereocenters. The van der Waals surface area contributed by atoms with Crippen LogP contribution in [0.2, 0.25) is 0 Å². The Labute approximate surface area is 201 Å². The highest BCUT2D eigenvalue weighted by Crippen LogP contribution is 2.66. The molecule has 0 saturated heterocycles. The number of imidazole rings is 1. The minimum atomic E-state index is -0.172. The molecule has 0 radical (unpaired) electrons. The predicted octanol–water partition coefficient (Wildman–Crippen LogP) is 5.95. The summed E-state index contributed by atoms with van der Waals surface area (Å²) in [6.45, 7) is 6.36. The van der Waals surface area contributed by atoms with Gasteiger partial charge in [0.1, 0.15) is 18.7 Å². The third kappa shape index (κ3) is 3.01. The Bertz CT molecular complexity index is 1240. The predicted molar refractivity (Wildman–Crippen MR) is 132 cm³/mol. The van der Waals surface area contributed by atoms with Crippen molar-refractivity contribution < 1.29 is 14.3 Å². The van der Waals surface area contributed by atoms with Gasteiger partial charge >= 0.3 is 5.97 Å². The second-order valence-electron chi connectivity index (χ2n) is 11.5. The number of rotatable bonds is 3. The molecule has 1 heterocycles. The molecule has 178 valence electrons. The number of ether oxygens (including phenoxy) is 1. The molecule has 4 aliphatic rings. The molecule has 0 N–H and O–H groups in total. The fraction of sp³-hybridized carbons (Fsp3) is 0.552. The summed E-state index contributed by atoms with van der Waals surface area (Å²) in [5.74, 6) is 1.48. The molecule has 0 amide bonds. The monoisotopic (exact) mass is 458 g/mol. The van der Waals surface area contributed by atoms with E-state index in [1.807, 2.05) is 24.5 Å². The molecule has 2 fully saturated rings. The van der Waals surface area contributed by atoms with Crippen LogP contribution >= 0.6 is 0 Å². The van der Waals surface area contributed by atoms with Crippen molar-refractivity contribution in [1.29, 1.82) is 0 Å². The summed E-state index contributed by atoms with van der Waals surface area (Å²) in [4.78, 5) is 28.5. The summed E-state index contributed by atoms with van der Waals surface area (Å²) in [5, 5.41) is 0. The Morgan fingerprint density at radius 2 is 1.91 bits per heavy atom. The molecular formula is C29H34N2O3. The Balaban J connectivity index is 1.35. The van der Waals surface area contributed by atoms with Crippen molar-refractivity contribution in [3.05, 3.63) is 47.8 Å². The molecule has 2 aromatic rings. The summed E-state index contributed by atoms with van der Waals surface area (Å²) in [5.41, 5.74) is 5.83. The Hall–Kier alpha value is -2.69. The van der Waals surface area contributed by atoms with E-state index >= 15 is 0 Å². The van der Waals surface area contributed by atoms with E-state index in [1.54, 1.807) is 0 Å². The number of allylic oxidation sites excluding steroid dienone is 3. The molecule has 0 aliphatic heterocycles. The fourth-order valence-electron chi connectivity index (χ4n) is 8.33. The minimum absolute atomic E-state index is 0.0261. The molecule has 5 heteroatoms. The molecule has 5 nitrogen and oxygen atoms in total. The topological polar surface area (TPSA) is 61.2 Å². The number of fused-ring (bicyclic) bond motifs is 6. The standard InChI is InChI=1S/C29H34N2O3/c1-18(33)34-21-10-12-28(2)20(15-21)8-9-22-23(28)11-13-29(3)24(22)14-19(16-32)27(29)31-17-30-25-6-4-5-7-26(25)31/h4-8,16-17,21-24H,9-15H2,1-3H3/t21?,22-,23+,24+,28+,29+/m1/s1. The van der Waals surface area contributed by atoms with E-state index in [2.05, 4.69) is 35.5 Å². The number of para-hydroxylation sites is 2. The molecule has 6 atom stereocenters. The highest BCUT2D eigenvalue weighted by molar-refractivity contribution is 5.90. The van der Waals surface area contributed by atoms with E-state index in [1.165, 1.54) is 24.6 Å². The number of carbonyl (C=O) groups is 2. The summed E-state index contributed by atoms with van der Waals surface area (Å²) in [6.07, 6.45) is 12.6. The van der Waals surface area contributed by atoms with E-state index in [-0.39, 0.29) is 22.9 Å². The van der Waals surface area contributed by atoms with Crippen LogP contribution in [0.4, 0.5) is 0 Å². The van der Waals surface area contributed by atoms with Crippen LogP contribution in [-0.2, 0) is 14.3 Å². The third-order valence-corrected chi connectivity index (χ3v) is 9.90. The second kappa shape index (κ2) is 7.66. The number of hydrogen-bond donors (Lipinski definition) is 0. The Kier molecular flexibility index (Phi) is 4.91. The van der Waals surface area contributed by atoms with Gasteiger partial charge < -0.3 is 9.30 Å². The highest BCUT2D eigenvalue weighted by atomic mass is 16.5. The van der Waals surface area contributed by atoms with Crippen molar-refractivity contribution in [2.75, 3.05) is 0 Å². The van der Waals surface area contributed by atoms with E-state index in [0.29, 0.717) is 17.8 Å². The van der Waals surface area contributed by atoms with E-state index in [4.69, 9.17) is 4.74 Å². The lowest BCUT2D eigenvalue weighted by Gasteiger charge is -2.57. The van der Waals surface area contributed by atoms with Gasteiger partial charge in [0.15, 0.2) is 0 Å². The first-order valence-corrected chi connectivity index (χ1v) is 12.8. The number of benzene rings is 1.